The molecule has 2 nitrogen and oxygen atoms in total. The number of benzene rings is 1. The first-order valence-electron chi connectivity index (χ1n) is 7.62. The van der Waals surface area contributed by atoms with Gasteiger partial charge in [0.1, 0.15) is 5.75 Å². The minimum absolute atomic E-state index is 0.510. The summed E-state index contributed by atoms with van der Waals surface area (Å²) in [6.07, 6.45) is 6.73. The van der Waals surface area contributed by atoms with Crippen molar-refractivity contribution >= 4 is 0 Å². The largest absolute Gasteiger partial charge is 0.497 e. The van der Waals surface area contributed by atoms with E-state index in [1.807, 2.05) is 0 Å². The second-order valence-corrected chi connectivity index (χ2v) is 5.76. The molecule has 0 aliphatic heterocycles. The number of ether oxygens (including phenoxy) is 1. The quantitative estimate of drug-likeness (QED) is 0.793. The fourth-order valence-corrected chi connectivity index (χ4v) is 2.87. The van der Waals surface area contributed by atoms with E-state index in [1.165, 1.54) is 43.2 Å². The molecule has 1 aliphatic carbocycles. The summed E-state index contributed by atoms with van der Waals surface area (Å²) in [5.74, 6) is 1.88. The Morgan fingerprint density at radius 2 is 2.16 bits per heavy atom. The van der Waals surface area contributed by atoms with Crippen molar-refractivity contribution in [1.29, 1.82) is 0 Å². The minimum Gasteiger partial charge on any atom is -0.497 e. The number of hydrogen-bond donors (Lipinski definition) is 1. The number of methoxy groups -OCH3 is 1. The van der Waals surface area contributed by atoms with Crippen LogP contribution in [0.4, 0.5) is 0 Å². The van der Waals surface area contributed by atoms with E-state index in [0.29, 0.717) is 6.04 Å². The lowest BCUT2D eigenvalue weighted by atomic mass is 9.79. The van der Waals surface area contributed by atoms with Gasteiger partial charge < -0.3 is 10.1 Å². The zero-order chi connectivity index (χ0) is 13.7. The molecule has 19 heavy (non-hydrogen) atoms. The highest BCUT2D eigenvalue weighted by Gasteiger charge is 2.23. The van der Waals surface area contributed by atoms with Gasteiger partial charge in [-0.15, -0.1) is 0 Å². The lowest BCUT2D eigenvalue weighted by Crippen LogP contribution is -2.27. The standard InChI is InChI=1S/C17H27NO/c1-4-10-18-17(12-14-6-5-7-14)16-9-8-15(19-3)11-13(16)2/h8-9,11,14,17-18H,4-7,10,12H2,1-3H3. The van der Waals surface area contributed by atoms with Crippen molar-refractivity contribution < 1.29 is 4.74 Å². The van der Waals surface area contributed by atoms with Gasteiger partial charge in [0.25, 0.3) is 0 Å². The second-order valence-electron chi connectivity index (χ2n) is 5.76. The zero-order valence-electron chi connectivity index (χ0n) is 12.5. The van der Waals surface area contributed by atoms with E-state index in [2.05, 4.69) is 37.4 Å². The number of rotatable bonds is 7. The third kappa shape index (κ3) is 3.73. The predicted octanol–water partition coefficient (Wildman–Crippen LogP) is 4.23. The number of nitrogens with one attached hydrogen (secondary N) is 1. The van der Waals surface area contributed by atoms with Gasteiger partial charge in [-0.1, -0.05) is 32.3 Å². The Balaban J connectivity index is 2.10. The predicted molar refractivity (Wildman–Crippen MR) is 80.7 cm³/mol. The maximum absolute atomic E-state index is 5.30. The fourth-order valence-electron chi connectivity index (χ4n) is 2.87. The van der Waals surface area contributed by atoms with Gasteiger partial charge >= 0.3 is 0 Å². The molecule has 0 aromatic heterocycles. The van der Waals surface area contributed by atoms with Crippen molar-refractivity contribution in [1.82, 2.24) is 5.32 Å². The first kappa shape index (κ1) is 14.4. The van der Waals surface area contributed by atoms with Crippen LogP contribution in [0.5, 0.6) is 5.75 Å². The Labute approximate surface area is 117 Å². The highest BCUT2D eigenvalue weighted by atomic mass is 16.5. The lowest BCUT2D eigenvalue weighted by molar-refractivity contribution is 0.261. The lowest BCUT2D eigenvalue weighted by Gasteiger charge is -2.31. The van der Waals surface area contributed by atoms with Crippen LogP contribution < -0.4 is 10.1 Å². The van der Waals surface area contributed by atoms with Gasteiger partial charge in [-0.25, -0.2) is 0 Å². The number of hydrogen-bond acceptors (Lipinski definition) is 2. The van der Waals surface area contributed by atoms with Crippen LogP contribution in [0.15, 0.2) is 18.2 Å². The Hall–Kier alpha value is -1.02. The van der Waals surface area contributed by atoms with Crippen LogP contribution in [0.3, 0.4) is 0 Å². The third-order valence-corrected chi connectivity index (χ3v) is 4.29. The van der Waals surface area contributed by atoms with Gasteiger partial charge in [-0.05, 0) is 55.5 Å². The molecule has 0 saturated heterocycles. The highest BCUT2D eigenvalue weighted by molar-refractivity contribution is 5.36. The molecule has 2 heteroatoms. The van der Waals surface area contributed by atoms with Gasteiger partial charge in [-0.3, -0.25) is 0 Å². The summed E-state index contributed by atoms with van der Waals surface area (Å²) in [4.78, 5) is 0. The Bertz CT molecular complexity index is 398. The molecule has 1 unspecified atom stereocenters. The SMILES string of the molecule is CCCNC(CC1CCC1)c1ccc(OC)cc1C. The minimum atomic E-state index is 0.510. The molecule has 1 aromatic rings. The molecule has 1 aliphatic rings. The molecule has 0 amide bonds. The van der Waals surface area contributed by atoms with Crippen LogP contribution in [-0.4, -0.2) is 13.7 Å². The molecule has 0 heterocycles. The molecule has 0 spiro atoms. The van der Waals surface area contributed by atoms with E-state index >= 15 is 0 Å². The maximum atomic E-state index is 5.30. The Morgan fingerprint density at radius 3 is 2.68 bits per heavy atom. The van der Waals surface area contributed by atoms with Gasteiger partial charge in [-0.2, -0.15) is 0 Å². The van der Waals surface area contributed by atoms with Crippen LogP contribution in [0, 0.1) is 12.8 Å². The normalized spacial score (nSPS) is 17.0. The molecule has 0 bridgehead atoms. The van der Waals surface area contributed by atoms with Crippen LogP contribution in [0.1, 0.15) is 56.2 Å². The van der Waals surface area contributed by atoms with Crippen molar-refractivity contribution in [3.63, 3.8) is 0 Å². The van der Waals surface area contributed by atoms with E-state index in [9.17, 15) is 0 Å². The smallest absolute Gasteiger partial charge is 0.119 e. The zero-order valence-corrected chi connectivity index (χ0v) is 12.5. The molecule has 1 saturated carbocycles. The first-order valence-corrected chi connectivity index (χ1v) is 7.62. The van der Waals surface area contributed by atoms with Gasteiger partial charge in [0.05, 0.1) is 7.11 Å². The second kappa shape index (κ2) is 6.95. The molecule has 1 N–H and O–H groups in total. The summed E-state index contributed by atoms with van der Waals surface area (Å²) in [5, 5.41) is 3.72. The summed E-state index contributed by atoms with van der Waals surface area (Å²) >= 11 is 0. The summed E-state index contributed by atoms with van der Waals surface area (Å²) in [6.45, 7) is 5.52. The molecular formula is C17H27NO. The monoisotopic (exact) mass is 261 g/mol. The van der Waals surface area contributed by atoms with Crippen LogP contribution in [0.25, 0.3) is 0 Å². The molecule has 2 rings (SSSR count). The average Bonchev–Trinajstić information content (AvgIpc) is 2.37. The van der Waals surface area contributed by atoms with E-state index in [1.54, 1.807) is 7.11 Å². The topological polar surface area (TPSA) is 21.3 Å². The maximum Gasteiger partial charge on any atom is 0.119 e. The fraction of sp³-hybridized carbons (Fsp3) is 0.647. The van der Waals surface area contributed by atoms with Gasteiger partial charge in [0, 0.05) is 6.04 Å². The van der Waals surface area contributed by atoms with Crippen LogP contribution >= 0.6 is 0 Å². The van der Waals surface area contributed by atoms with E-state index in [0.717, 1.165) is 18.2 Å². The van der Waals surface area contributed by atoms with Crippen molar-refractivity contribution in [3.8, 4) is 5.75 Å². The molecule has 1 aromatic carbocycles. The van der Waals surface area contributed by atoms with Crippen molar-refractivity contribution in [2.24, 2.45) is 5.92 Å². The summed E-state index contributed by atoms with van der Waals surface area (Å²) in [7, 11) is 1.73. The first-order chi connectivity index (χ1) is 9.24. The Kier molecular flexibility index (Phi) is 5.26. The molecule has 1 fully saturated rings. The van der Waals surface area contributed by atoms with E-state index in [4.69, 9.17) is 4.74 Å². The summed E-state index contributed by atoms with van der Waals surface area (Å²) < 4.78 is 5.30. The number of aryl methyl sites for hydroxylation is 1. The van der Waals surface area contributed by atoms with Crippen LogP contribution in [-0.2, 0) is 0 Å². The van der Waals surface area contributed by atoms with Crippen molar-refractivity contribution in [2.45, 2.75) is 52.0 Å². The van der Waals surface area contributed by atoms with Crippen molar-refractivity contribution in [3.05, 3.63) is 29.3 Å². The third-order valence-electron chi connectivity index (χ3n) is 4.29. The van der Waals surface area contributed by atoms with Crippen molar-refractivity contribution in [2.75, 3.05) is 13.7 Å². The van der Waals surface area contributed by atoms with Crippen LogP contribution in [0.2, 0.25) is 0 Å². The molecule has 106 valence electrons. The molecule has 1 atom stereocenters. The van der Waals surface area contributed by atoms with Gasteiger partial charge in [0.2, 0.25) is 0 Å². The average molecular weight is 261 g/mol. The van der Waals surface area contributed by atoms with E-state index < -0.39 is 0 Å². The van der Waals surface area contributed by atoms with E-state index in [-0.39, 0.29) is 0 Å². The molecular weight excluding hydrogens is 234 g/mol. The summed E-state index contributed by atoms with van der Waals surface area (Å²) in [6, 6.07) is 6.98. The summed E-state index contributed by atoms with van der Waals surface area (Å²) in [5.41, 5.74) is 2.79. The Morgan fingerprint density at radius 1 is 1.37 bits per heavy atom. The highest BCUT2D eigenvalue weighted by Crippen LogP contribution is 2.36. The molecule has 0 radical (unpaired) electrons. The van der Waals surface area contributed by atoms with Gasteiger partial charge in [0.15, 0.2) is 0 Å².